The van der Waals surface area contributed by atoms with Gasteiger partial charge in [0, 0.05) is 16.9 Å². The Balaban J connectivity index is 1.83. The van der Waals surface area contributed by atoms with Gasteiger partial charge >= 0.3 is 6.03 Å². The van der Waals surface area contributed by atoms with Crippen LogP contribution in [0.5, 0.6) is 5.75 Å². The van der Waals surface area contributed by atoms with Crippen LogP contribution in [0, 0.1) is 6.92 Å². The molecule has 7 heteroatoms. The lowest BCUT2D eigenvalue weighted by Gasteiger charge is -2.20. The second kappa shape index (κ2) is 9.16. The molecule has 6 nitrogen and oxygen atoms in total. The Morgan fingerprint density at radius 2 is 1.62 bits per heavy atom. The van der Waals surface area contributed by atoms with Crippen LogP contribution in [0.15, 0.2) is 72.8 Å². The van der Waals surface area contributed by atoms with Gasteiger partial charge in [0.25, 0.3) is 5.91 Å². The summed E-state index contributed by atoms with van der Waals surface area (Å²) >= 11 is 4.33. The van der Waals surface area contributed by atoms with Crippen LogP contribution in [0.25, 0.3) is 0 Å². The molecule has 0 aliphatic carbocycles. The highest BCUT2D eigenvalue weighted by Crippen LogP contribution is 2.31. The van der Waals surface area contributed by atoms with Crippen molar-refractivity contribution >= 4 is 41.8 Å². The van der Waals surface area contributed by atoms with E-state index in [0.717, 1.165) is 9.87 Å². The number of anilines is 3. The van der Waals surface area contributed by atoms with Gasteiger partial charge in [-0.1, -0.05) is 49.2 Å². The number of rotatable bonds is 5. The number of aryl methyl sites for hydroxylation is 1. The number of carbonyl (C=O) groups excluding carboxylic acids is 2. The normalized spacial score (nSPS) is 10.2. The first-order valence-corrected chi connectivity index (χ1v) is 9.29. The van der Waals surface area contributed by atoms with Crippen LogP contribution in [0.3, 0.4) is 0 Å². The van der Waals surface area contributed by atoms with Crippen LogP contribution in [0.4, 0.5) is 21.9 Å². The Bertz CT molecular complexity index is 1020. The molecule has 0 spiro atoms. The number of hydrogen-bond acceptors (Lipinski definition) is 4. The Morgan fingerprint density at radius 3 is 2.31 bits per heavy atom. The van der Waals surface area contributed by atoms with Crippen molar-refractivity contribution in [2.45, 2.75) is 6.92 Å². The standard InChI is InChI=1S/C22H21N3O3S/c1-15-8-6-7-11-18(15)24-22(27)25(29)19-14-16(12-13-20(19)28-2)21(26)23-17-9-4-3-5-10-17/h3-14,29H,1-2H3,(H,23,26)(H,24,27). The molecule has 29 heavy (non-hydrogen) atoms. The number of ether oxygens (including phenoxy) is 1. The molecule has 3 aromatic rings. The van der Waals surface area contributed by atoms with E-state index in [-0.39, 0.29) is 5.91 Å². The number of urea groups is 1. The summed E-state index contributed by atoms with van der Waals surface area (Å²) in [7, 11) is 1.49. The largest absolute Gasteiger partial charge is 0.495 e. The maximum absolute atomic E-state index is 12.7. The first kappa shape index (κ1) is 20.3. The summed E-state index contributed by atoms with van der Waals surface area (Å²) in [4.78, 5) is 25.3. The summed E-state index contributed by atoms with van der Waals surface area (Å²) in [5.74, 6) is 0.109. The number of nitrogens with zero attached hydrogens (tertiary/aromatic N) is 1. The summed E-state index contributed by atoms with van der Waals surface area (Å²) in [5, 5.41) is 5.62. The second-order valence-corrected chi connectivity index (χ2v) is 6.66. The molecule has 2 N–H and O–H groups in total. The van der Waals surface area contributed by atoms with Gasteiger partial charge in [0.2, 0.25) is 0 Å². The molecule has 0 saturated heterocycles. The van der Waals surface area contributed by atoms with Crippen molar-refractivity contribution in [3.63, 3.8) is 0 Å². The third kappa shape index (κ3) is 4.89. The Kier molecular flexibility index (Phi) is 6.41. The van der Waals surface area contributed by atoms with E-state index in [4.69, 9.17) is 4.74 Å². The minimum absolute atomic E-state index is 0.304. The summed E-state index contributed by atoms with van der Waals surface area (Å²) < 4.78 is 6.46. The highest BCUT2D eigenvalue weighted by molar-refractivity contribution is 7.82. The maximum atomic E-state index is 12.7. The van der Waals surface area contributed by atoms with Gasteiger partial charge in [-0.15, -0.1) is 0 Å². The molecule has 0 aromatic heterocycles. The van der Waals surface area contributed by atoms with Gasteiger partial charge in [-0.2, -0.15) is 0 Å². The first-order chi connectivity index (χ1) is 14.0. The van der Waals surface area contributed by atoms with Crippen LogP contribution in [0.2, 0.25) is 0 Å². The molecule has 0 aliphatic rings. The quantitative estimate of drug-likeness (QED) is 0.513. The molecule has 3 aromatic carbocycles. The number of carbonyl (C=O) groups is 2. The average molecular weight is 407 g/mol. The van der Waals surface area contributed by atoms with E-state index in [2.05, 4.69) is 23.4 Å². The van der Waals surface area contributed by atoms with Crippen molar-refractivity contribution < 1.29 is 14.3 Å². The fourth-order valence-corrected chi connectivity index (χ4v) is 2.92. The highest BCUT2D eigenvalue weighted by atomic mass is 32.1. The van der Waals surface area contributed by atoms with Crippen molar-refractivity contribution in [3.8, 4) is 5.75 Å². The lowest BCUT2D eigenvalue weighted by atomic mass is 10.1. The number of methoxy groups -OCH3 is 1. The lowest BCUT2D eigenvalue weighted by Crippen LogP contribution is -2.27. The smallest absolute Gasteiger partial charge is 0.336 e. The number of thiol groups is 1. The molecule has 3 rings (SSSR count). The number of nitrogens with one attached hydrogen (secondary N) is 2. The Hall–Kier alpha value is -3.45. The average Bonchev–Trinajstić information content (AvgIpc) is 2.75. The fourth-order valence-electron chi connectivity index (χ4n) is 2.71. The summed E-state index contributed by atoms with van der Waals surface area (Å²) in [6.07, 6.45) is 0. The zero-order valence-electron chi connectivity index (χ0n) is 16.0. The molecule has 0 atom stereocenters. The molecule has 0 radical (unpaired) electrons. The van der Waals surface area contributed by atoms with Crippen molar-refractivity contribution in [2.75, 3.05) is 22.0 Å². The molecule has 0 bridgehead atoms. The van der Waals surface area contributed by atoms with Crippen LogP contribution >= 0.6 is 12.8 Å². The predicted molar refractivity (Wildman–Crippen MR) is 119 cm³/mol. The van der Waals surface area contributed by atoms with Crippen molar-refractivity contribution in [1.82, 2.24) is 0 Å². The van der Waals surface area contributed by atoms with Gasteiger partial charge in [0.1, 0.15) is 5.75 Å². The van der Waals surface area contributed by atoms with E-state index in [9.17, 15) is 9.59 Å². The number of benzene rings is 3. The van der Waals surface area contributed by atoms with E-state index in [1.807, 2.05) is 43.3 Å². The molecular weight excluding hydrogens is 386 g/mol. The molecular formula is C22H21N3O3S. The predicted octanol–water partition coefficient (Wildman–Crippen LogP) is 5.14. The van der Waals surface area contributed by atoms with Gasteiger partial charge in [0.05, 0.1) is 12.8 Å². The maximum Gasteiger partial charge on any atom is 0.336 e. The summed E-state index contributed by atoms with van der Waals surface area (Å²) in [6, 6.07) is 20.9. The van der Waals surface area contributed by atoms with Gasteiger partial charge < -0.3 is 15.4 Å². The molecule has 0 heterocycles. The van der Waals surface area contributed by atoms with Crippen molar-refractivity contribution in [1.29, 1.82) is 0 Å². The van der Waals surface area contributed by atoms with Crippen LogP contribution < -0.4 is 19.7 Å². The molecule has 148 valence electrons. The third-order valence-corrected chi connectivity index (χ3v) is 4.68. The summed E-state index contributed by atoms with van der Waals surface area (Å²) in [6.45, 7) is 1.90. The van der Waals surface area contributed by atoms with E-state index in [0.29, 0.717) is 28.4 Å². The van der Waals surface area contributed by atoms with Gasteiger partial charge in [-0.25, -0.2) is 9.10 Å². The monoisotopic (exact) mass is 407 g/mol. The SMILES string of the molecule is COc1ccc(C(=O)Nc2ccccc2)cc1N(S)C(=O)Nc1ccccc1C. The molecule has 0 saturated carbocycles. The van der Waals surface area contributed by atoms with Crippen LogP contribution in [-0.2, 0) is 0 Å². The van der Waals surface area contributed by atoms with E-state index >= 15 is 0 Å². The topological polar surface area (TPSA) is 70.7 Å². The highest BCUT2D eigenvalue weighted by Gasteiger charge is 2.19. The molecule has 3 amide bonds. The van der Waals surface area contributed by atoms with E-state index < -0.39 is 6.03 Å². The van der Waals surface area contributed by atoms with Crippen molar-refractivity contribution in [2.24, 2.45) is 0 Å². The minimum atomic E-state index is -0.471. The molecule has 0 aliphatic heterocycles. The molecule has 0 fully saturated rings. The van der Waals surface area contributed by atoms with Gasteiger partial charge in [0.15, 0.2) is 0 Å². The van der Waals surface area contributed by atoms with E-state index in [1.165, 1.54) is 7.11 Å². The zero-order valence-corrected chi connectivity index (χ0v) is 16.9. The van der Waals surface area contributed by atoms with Crippen LogP contribution in [-0.4, -0.2) is 19.0 Å². The number of amides is 3. The minimum Gasteiger partial charge on any atom is -0.495 e. The summed E-state index contributed by atoms with van der Waals surface area (Å²) in [5.41, 5.74) is 2.99. The van der Waals surface area contributed by atoms with E-state index in [1.54, 1.807) is 36.4 Å². The fraction of sp³-hybridized carbons (Fsp3) is 0.0909. The molecule has 0 unspecified atom stereocenters. The van der Waals surface area contributed by atoms with Crippen molar-refractivity contribution in [3.05, 3.63) is 83.9 Å². The Labute approximate surface area is 175 Å². The van der Waals surface area contributed by atoms with Crippen LogP contribution in [0.1, 0.15) is 15.9 Å². The zero-order chi connectivity index (χ0) is 20.8. The number of para-hydroxylation sites is 2. The number of hydrogen-bond donors (Lipinski definition) is 3. The Morgan fingerprint density at radius 1 is 0.931 bits per heavy atom. The first-order valence-electron chi connectivity index (χ1n) is 8.89. The lowest BCUT2D eigenvalue weighted by molar-refractivity contribution is 0.102. The second-order valence-electron chi connectivity index (χ2n) is 6.26. The van der Waals surface area contributed by atoms with Gasteiger partial charge in [-0.05, 0) is 48.9 Å². The third-order valence-electron chi connectivity index (χ3n) is 4.28. The van der Waals surface area contributed by atoms with Gasteiger partial charge in [-0.3, -0.25) is 4.79 Å².